The average Bonchev–Trinajstić information content (AvgIpc) is 3.05. The predicted molar refractivity (Wildman–Crippen MR) is 110 cm³/mol. The first-order chi connectivity index (χ1) is 13.6. The molecule has 1 saturated heterocycles. The molecule has 2 atom stereocenters. The number of nitrogens with zero attached hydrogens (tertiary/aromatic N) is 2. The van der Waals surface area contributed by atoms with Gasteiger partial charge in [0.25, 0.3) is 0 Å². The second kappa shape index (κ2) is 9.66. The van der Waals surface area contributed by atoms with Gasteiger partial charge in [0.15, 0.2) is 5.96 Å². The third-order valence-electron chi connectivity index (χ3n) is 5.24. The number of aliphatic hydroxyl groups is 1. The molecule has 1 aliphatic heterocycles. The lowest BCUT2D eigenvalue weighted by atomic mass is 10.1. The third kappa shape index (κ3) is 5.30. The number of guanidine groups is 1. The molecule has 1 aliphatic rings. The maximum Gasteiger partial charge on any atom is 0.191 e. The summed E-state index contributed by atoms with van der Waals surface area (Å²) in [6.07, 6.45) is 1.05. The van der Waals surface area contributed by atoms with Gasteiger partial charge in [-0.3, -0.25) is 9.89 Å². The molecule has 0 aromatic heterocycles. The van der Waals surface area contributed by atoms with Crippen LogP contribution in [0.5, 0.6) is 0 Å². The van der Waals surface area contributed by atoms with Gasteiger partial charge in [-0.05, 0) is 36.6 Å². The first-order valence-corrected chi connectivity index (χ1v) is 9.72. The molecular weight excluding hydrogens is 355 g/mol. The van der Waals surface area contributed by atoms with Gasteiger partial charge in [0, 0.05) is 44.3 Å². The van der Waals surface area contributed by atoms with Crippen LogP contribution >= 0.6 is 0 Å². The Labute approximate surface area is 166 Å². The molecule has 28 heavy (non-hydrogen) atoms. The highest BCUT2D eigenvalue weighted by molar-refractivity contribution is 5.80. The monoisotopic (exact) mass is 384 g/mol. The number of likely N-dealkylation sites (tertiary alicyclic amines) is 1. The number of hydrogen-bond acceptors (Lipinski definition) is 3. The van der Waals surface area contributed by atoms with Crippen molar-refractivity contribution in [1.29, 1.82) is 0 Å². The van der Waals surface area contributed by atoms with Gasteiger partial charge < -0.3 is 15.7 Å². The number of rotatable bonds is 6. The molecule has 0 spiro atoms. The van der Waals surface area contributed by atoms with Crippen molar-refractivity contribution in [3.63, 3.8) is 0 Å². The van der Waals surface area contributed by atoms with Crippen molar-refractivity contribution in [2.24, 2.45) is 4.99 Å². The Morgan fingerprint density at radius 2 is 2.00 bits per heavy atom. The van der Waals surface area contributed by atoms with Gasteiger partial charge in [-0.2, -0.15) is 0 Å². The molecular formula is C22H29FN4O. The van der Waals surface area contributed by atoms with E-state index >= 15 is 0 Å². The minimum absolute atomic E-state index is 0.302. The summed E-state index contributed by atoms with van der Waals surface area (Å²) in [7, 11) is 1.75. The Bertz CT molecular complexity index is 796. The quantitative estimate of drug-likeness (QED) is 0.529. The van der Waals surface area contributed by atoms with Gasteiger partial charge >= 0.3 is 0 Å². The summed E-state index contributed by atoms with van der Waals surface area (Å²) in [6.45, 7) is 4.39. The molecule has 1 heterocycles. The van der Waals surface area contributed by atoms with Crippen molar-refractivity contribution >= 4 is 5.96 Å². The summed E-state index contributed by atoms with van der Waals surface area (Å²) >= 11 is 0. The zero-order valence-electron chi connectivity index (χ0n) is 16.5. The van der Waals surface area contributed by atoms with E-state index in [2.05, 4.69) is 51.7 Å². The summed E-state index contributed by atoms with van der Waals surface area (Å²) in [6, 6.07) is 16.1. The molecule has 6 heteroatoms. The Morgan fingerprint density at radius 3 is 2.71 bits per heavy atom. The predicted octanol–water partition coefficient (Wildman–Crippen LogP) is 2.65. The van der Waals surface area contributed by atoms with Crippen LogP contribution in [0.25, 0.3) is 0 Å². The summed E-state index contributed by atoms with van der Waals surface area (Å²) in [5.74, 6) is 0.348. The van der Waals surface area contributed by atoms with Gasteiger partial charge in [0.2, 0.25) is 0 Å². The maximum absolute atomic E-state index is 13.5. The third-order valence-corrected chi connectivity index (χ3v) is 5.24. The van der Waals surface area contributed by atoms with Crippen LogP contribution in [-0.4, -0.2) is 41.6 Å². The molecule has 2 unspecified atom stereocenters. The molecule has 3 N–H and O–H groups in total. The molecule has 0 amide bonds. The Balaban J connectivity index is 1.52. The molecule has 0 radical (unpaired) electrons. The number of aliphatic imine (C=N–C) groups is 1. The first-order valence-electron chi connectivity index (χ1n) is 9.72. The van der Waals surface area contributed by atoms with E-state index in [1.165, 1.54) is 11.6 Å². The first kappa shape index (κ1) is 20.3. The second-order valence-electron chi connectivity index (χ2n) is 7.35. The van der Waals surface area contributed by atoms with E-state index in [-0.39, 0.29) is 12.4 Å². The zero-order valence-corrected chi connectivity index (χ0v) is 16.5. The molecule has 1 fully saturated rings. The lowest BCUT2D eigenvalue weighted by molar-refractivity contribution is 0.258. The number of hydrogen-bond donors (Lipinski definition) is 3. The maximum atomic E-state index is 13.5. The van der Waals surface area contributed by atoms with E-state index < -0.39 is 0 Å². The number of nitrogens with one attached hydrogen (secondary N) is 2. The second-order valence-corrected chi connectivity index (χ2v) is 7.35. The highest BCUT2D eigenvalue weighted by Gasteiger charge is 2.29. The molecule has 5 nitrogen and oxygen atoms in total. The van der Waals surface area contributed by atoms with E-state index in [9.17, 15) is 9.50 Å². The van der Waals surface area contributed by atoms with Crippen LogP contribution in [0.1, 0.15) is 30.0 Å². The molecule has 3 rings (SSSR count). The summed E-state index contributed by atoms with van der Waals surface area (Å²) in [4.78, 5) is 6.79. The van der Waals surface area contributed by atoms with Crippen LogP contribution in [0.3, 0.4) is 0 Å². The van der Waals surface area contributed by atoms with Crippen LogP contribution in [-0.2, 0) is 19.7 Å². The molecule has 2 aromatic rings. The average molecular weight is 384 g/mol. The van der Waals surface area contributed by atoms with Crippen LogP contribution in [0.15, 0.2) is 53.5 Å². The molecule has 0 bridgehead atoms. The van der Waals surface area contributed by atoms with Crippen LogP contribution in [0.4, 0.5) is 4.39 Å². The Morgan fingerprint density at radius 1 is 1.21 bits per heavy atom. The minimum Gasteiger partial charge on any atom is -0.392 e. The van der Waals surface area contributed by atoms with Gasteiger partial charge in [-0.1, -0.05) is 36.4 Å². The smallest absolute Gasteiger partial charge is 0.191 e. The highest BCUT2D eigenvalue weighted by atomic mass is 19.1. The fourth-order valence-corrected chi connectivity index (χ4v) is 3.67. The van der Waals surface area contributed by atoms with Crippen LogP contribution in [0, 0.1) is 5.82 Å². The fraction of sp³-hybridized carbons (Fsp3) is 0.409. The number of halogens is 1. The van der Waals surface area contributed by atoms with E-state index in [1.54, 1.807) is 19.2 Å². The summed E-state index contributed by atoms with van der Waals surface area (Å²) in [5.41, 5.74) is 2.54. The van der Waals surface area contributed by atoms with E-state index in [0.29, 0.717) is 24.2 Å². The van der Waals surface area contributed by atoms with Crippen LogP contribution < -0.4 is 10.6 Å². The largest absolute Gasteiger partial charge is 0.392 e. The van der Waals surface area contributed by atoms with Crippen molar-refractivity contribution in [1.82, 2.24) is 15.5 Å². The van der Waals surface area contributed by atoms with Gasteiger partial charge in [0.1, 0.15) is 5.82 Å². The van der Waals surface area contributed by atoms with Crippen LogP contribution in [0.2, 0.25) is 0 Å². The number of aliphatic hydroxyl groups excluding tert-OH is 1. The van der Waals surface area contributed by atoms with Crippen molar-refractivity contribution < 1.29 is 9.50 Å². The van der Waals surface area contributed by atoms with E-state index in [0.717, 1.165) is 31.0 Å². The Hall–Kier alpha value is -2.44. The van der Waals surface area contributed by atoms with Crippen molar-refractivity contribution in [3.8, 4) is 0 Å². The number of benzene rings is 2. The topological polar surface area (TPSA) is 59.9 Å². The highest BCUT2D eigenvalue weighted by Crippen LogP contribution is 2.20. The minimum atomic E-state index is -0.382. The zero-order chi connectivity index (χ0) is 19.9. The summed E-state index contributed by atoms with van der Waals surface area (Å²) in [5, 5.41) is 16.0. The standard InChI is InChI=1S/C22H29FN4O/c1-16-10-20(14-27(16)13-17-6-4-3-5-7-17)26-22(24-2)25-12-18-8-9-21(23)19(11-18)15-28/h3-9,11,16,20,28H,10,12-15H2,1-2H3,(H2,24,25,26). The van der Waals surface area contributed by atoms with E-state index in [1.807, 2.05) is 6.07 Å². The van der Waals surface area contributed by atoms with E-state index in [4.69, 9.17) is 0 Å². The lowest BCUT2D eigenvalue weighted by Gasteiger charge is -2.21. The summed E-state index contributed by atoms with van der Waals surface area (Å²) < 4.78 is 13.5. The van der Waals surface area contributed by atoms with Gasteiger partial charge in [-0.25, -0.2) is 4.39 Å². The molecule has 0 saturated carbocycles. The Kier molecular flexibility index (Phi) is 7.01. The molecule has 0 aliphatic carbocycles. The SMILES string of the molecule is CN=C(NCc1ccc(F)c(CO)c1)NC1CC(C)N(Cc2ccccc2)C1. The van der Waals surface area contributed by atoms with Crippen molar-refractivity contribution in [2.45, 2.75) is 45.1 Å². The van der Waals surface area contributed by atoms with Crippen molar-refractivity contribution in [3.05, 3.63) is 71.0 Å². The van der Waals surface area contributed by atoms with Gasteiger partial charge in [-0.15, -0.1) is 0 Å². The van der Waals surface area contributed by atoms with Gasteiger partial charge in [0.05, 0.1) is 6.61 Å². The lowest BCUT2D eigenvalue weighted by Crippen LogP contribution is -2.44. The fourth-order valence-electron chi connectivity index (χ4n) is 3.67. The van der Waals surface area contributed by atoms with Crippen molar-refractivity contribution in [2.75, 3.05) is 13.6 Å². The normalized spacial score (nSPS) is 20.4. The molecule has 150 valence electrons. The molecule has 2 aromatic carbocycles.